The van der Waals surface area contributed by atoms with E-state index < -0.39 is 0 Å². The van der Waals surface area contributed by atoms with E-state index in [1.807, 2.05) is 40.1 Å². The molecule has 0 bridgehead atoms. The lowest BCUT2D eigenvalue weighted by Gasteiger charge is -2.32. The molecule has 1 aliphatic heterocycles. The van der Waals surface area contributed by atoms with E-state index in [9.17, 15) is 5.11 Å². The van der Waals surface area contributed by atoms with E-state index in [-0.39, 0.29) is 5.75 Å². The molecule has 5 aromatic rings. The van der Waals surface area contributed by atoms with E-state index in [0.717, 1.165) is 42.1 Å². The van der Waals surface area contributed by atoms with Gasteiger partial charge in [-0.2, -0.15) is 9.61 Å². The number of anilines is 1. The summed E-state index contributed by atoms with van der Waals surface area (Å²) in [6, 6.07) is 18.1. The first-order valence-electron chi connectivity index (χ1n) is 12.1. The first-order valence-corrected chi connectivity index (χ1v) is 14.5. The molecule has 1 fully saturated rings. The highest BCUT2D eigenvalue weighted by molar-refractivity contribution is 9.10. The number of piperidine rings is 1. The summed E-state index contributed by atoms with van der Waals surface area (Å²) in [6.45, 7) is 4.09. The van der Waals surface area contributed by atoms with E-state index in [0.29, 0.717) is 17.2 Å². The predicted molar refractivity (Wildman–Crippen MR) is 152 cm³/mol. The van der Waals surface area contributed by atoms with Crippen molar-refractivity contribution in [2.45, 2.75) is 19.4 Å². The van der Waals surface area contributed by atoms with Crippen LogP contribution in [0.25, 0.3) is 26.7 Å². The van der Waals surface area contributed by atoms with Gasteiger partial charge >= 0.3 is 0 Å². The number of para-hydroxylation sites is 1. The molecule has 6 rings (SSSR count). The van der Waals surface area contributed by atoms with Gasteiger partial charge in [0.05, 0.1) is 16.4 Å². The number of hydrogen-bond acceptors (Lipinski definition) is 7. The molecular formula is C27H26BrN5OS2. The van der Waals surface area contributed by atoms with Crippen molar-refractivity contribution in [3.63, 3.8) is 0 Å². The Hall–Kier alpha value is -2.72. The van der Waals surface area contributed by atoms with Crippen molar-refractivity contribution in [1.82, 2.24) is 19.5 Å². The van der Waals surface area contributed by atoms with Crippen LogP contribution in [0.3, 0.4) is 0 Å². The Morgan fingerprint density at radius 2 is 2.03 bits per heavy atom. The van der Waals surface area contributed by atoms with Crippen LogP contribution in [0.5, 0.6) is 5.75 Å². The minimum Gasteiger partial charge on any atom is -0.507 e. The number of aromatic nitrogens is 3. The second kappa shape index (κ2) is 10.3. The zero-order valence-electron chi connectivity index (χ0n) is 19.6. The number of thiophene rings is 2. The normalized spacial score (nSPS) is 16.5. The van der Waals surface area contributed by atoms with Crippen LogP contribution in [0, 0.1) is 5.92 Å². The van der Waals surface area contributed by atoms with Crippen LogP contribution >= 0.6 is 38.6 Å². The van der Waals surface area contributed by atoms with E-state index >= 15 is 0 Å². The van der Waals surface area contributed by atoms with Gasteiger partial charge in [0, 0.05) is 45.9 Å². The van der Waals surface area contributed by atoms with Gasteiger partial charge in [-0.05, 0) is 76.9 Å². The maximum atomic E-state index is 10.4. The molecule has 9 heteroatoms. The number of nitrogens with one attached hydrogen (secondary N) is 1. The largest absolute Gasteiger partial charge is 0.507 e. The molecule has 0 radical (unpaired) electrons. The molecule has 1 unspecified atom stereocenters. The molecule has 1 aliphatic rings. The molecule has 1 atom stereocenters. The third-order valence-electron chi connectivity index (χ3n) is 6.59. The number of phenols is 1. The lowest BCUT2D eigenvalue weighted by molar-refractivity contribution is 0.174. The second-order valence-corrected chi connectivity index (χ2v) is 12.1. The number of hydrogen-bond donors (Lipinski definition) is 2. The van der Waals surface area contributed by atoms with Gasteiger partial charge in [0.2, 0.25) is 0 Å². The fraction of sp³-hybridized carbons (Fsp3) is 0.259. The summed E-state index contributed by atoms with van der Waals surface area (Å²) in [7, 11) is 0. The summed E-state index contributed by atoms with van der Waals surface area (Å²) in [4.78, 5) is 11.5. The van der Waals surface area contributed by atoms with Crippen LogP contribution in [-0.4, -0.2) is 44.2 Å². The number of fused-ring (bicyclic) bond motifs is 1. The molecule has 0 saturated carbocycles. The number of aromatic hydroxyl groups is 1. The fourth-order valence-electron chi connectivity index (χ4n) is 4.84. The first-order chi connectivity index (χ1) is 17.6. The predicted octanol–water partition coefficient (Wildman–Crippen LogP) is 6.98. The average Bonchev–Trinajstić information content (AvgIpc) is 3.65. The summed E-state index contributed by atoms with van der Waals surface area (Å²) in [5.41, 5.74) is 2.15. The third-order valence-corrected chi connectivity index (χ3v) is 9.28. The van der Waals surface area contributed by atoms with E-state index in [4.69, 9.17) is 4.98 Å². The van der Waals surface area contributed by atoms with E-state index in [1.54, 1.807) is 23.6 Å². The number of halogens is 1. The highest BCUT2D eigenvalue weighted by atomic mass is 79.9. The smallest absolute Gasteiger partial charge is 0.172 e. The van der Waals surface area contributed by atoms with E-state index in [2.05, 4.69) is 60.9 Å². The van der Waals surface area contributed by atoms with Crippen molar-refractivity contribution in [3.05, 3.63) is 75.5 Å². The molecule has 0 aliphatic carbocycles. The average molecular weight is 581 g/mol. The lowest BCUT2D eigenvalue weighted by atomic mass is 9.98. The standard InChI is InChI=1S/C27H26BrN5OS2/c28-21-15-30-33-26(13-22(31-27(21)33)20-6-1-2-7-23(20)34)29-14-18-5-3-11-32(16-18)17-19-9-10-25(36-19)24-8-4-12-35-24/h1-2,4,6-10,12-13,15,18,29,34H,3,5,11,14,16-17H2. The molecule has 0 amide bonds. The number of phenolic OH excluding ortho intramolecular Hbond substituents is 1. The highest BCUT2D eigenvalue weighted by Gasteiger charge is 2.21. The number of benzene rings is 1. The zero-order valence-corrected chi connectivity index (χ0v) is 22.8. The van der Waals surface area contributed by atoms with Gasteiger partial charge in [0.25, 0.3) is 0 Å². The Balaban J connectivity index is 1.16. The maximum absolute atomic E-state index is 10.4. The van der Waals surface area contributed by atoms with Gasteiger partial charge in [-0.25, -0.2) is 4.98 Å². The van der Waals surface area contributed by atoms with Crippen molar-refractivity contribution in [3.8, 4) is 26.8 Å². The van der Waals surface area contributed by atoms with Crippen LogP contribution in [0.15, 0.2) is 70.6 Å². The Kier molecular flexibility index (Phi) is 6.79. The summed E-state index contributed by atoms with van der Waals surface area (Å²) in [5, 5.41) is 20.7. The van der Waals surface area contributed by atoms with Gasteiger partial charge < -0.3 is 10.4 Å². The molecule has 4 aromatic heterocycles. The van der Waals surface area contributed by atoms with Crippen molar-refractivity contribution in [2.24, 2.45) is 5.92 Å². The number of rotatable bonds is 7. The van der Waals surface area contributed by atoms with Gasteiger partial charge in [0.15, 0.2) is 5.65 Å². The Morgan fingerprint density at radius 3 is 2.89 bits per heavy atom. The van der Waals surface area contributed by atoms with Gasteiger partial charge in [0.1, 0.15) is 11.6 Å². The van der Waals surface area contributed by atoms with Crippen molar-refractivity contribution < 1.29 is 5.11 Å². The van der Waals surface area contributed by atoms with Crippen LogP contribution in [0.1, 0.15) is 17.7 Å². The molecule has 2 N–H and O–H groups in total. The molecule has 0 spiro atoms. The summed E-state index contributed by atoms with van der Waals surface area (Å²) in [6.07, 6.45) is 4.17. The monoisotopic (exact) mass is 579 g/mol. The molecular weight excluding hydrogens is 554 g/mol. The molecule has 6 nitrogen and oxygen atoms in total. The summed E-state index contributed by atoms with van der Waals surface area (Å²) >= 11 is 7.28. The van der Waals surface area contributed by atoms with Crippen LogP contribution in [-0.2, 0) is 6.54 Å². The summed E-state index contributed by atoms with van der Waals surface area (Å²) in [5.74, 6) is 1.64. The minimum absolute atomic E-state index is 0.217. The molecule has 184 valence electrons. The molecule has 1 aromatic carbocycles. The van der Waals surface area contributed by atoms with Gasteiger partial charge in [-0.3, -0.25) is 4.90 Å². The SMILES string of the molecule is Oc1ccccc1-c1cc(NCC2CCCN(Cc3ccc(-c4cccs4)s3)C2)n2ncc(Br)c2n1. The van der Waals surface area contributed by atoms with Crippen LogP contribution in [0.4, 0.5) is 5.82 Å². The highest BCUT2D eigenvalue weighted by Crippen LogP contribution is 2.33. The quantitative estimate of drug-likeness (QED) is 0.218. The fourth-order valence-corrected chi connectivity index (χ4v) is 7.07. The Labute approximate surface area is 226 Å². The molecule has 5 heterocycles. The van der Waals surface area contributed by atoms with E-state index in [1.165, 1.54) is 27.5 Å². The third kappa shape index (κ3) is 4.93. The Morgan fingerprint density at radius 1 is 1.11 bits per heavy atom. The van der Waals surface area contributed by atoms with Crippen molar-refractivity contribution >= 4 is 50.1 Å². The van der Waals surface area contributed by atoms with Gasteiger partial charge in [-0.1, -0.05) is 18.2 Å². The number of likely N-dealkylation sites (tertiary alicyclic amines) is 1. The maximum Gasteiger partial charge on any atom is 0.172 e. The second-order valence-electron chi connectivity index (χ2n) is 9.14. The van der Waals surface area contributed by atoms with Crippen LogP contribution in [0.2, 0.25) is 0 Å². The number of nitrogens with zero attached hydrogens (tertiary/aromatic N) is 4. The van der Waals surface area contributed by atoms with Crippen molar-refractivity contribution in [2.75, 3.05) is 25.0 Å². The molecule has 1 saturated heterocycles. The Bertz CT molecular complexity index is 1480. The van der Waals surface area contributed by atoms with Gasteiger partial charge in [-0.15, -0.1) is 22.7 Å². The van der Waals surface area contributed by atoms with Crippen LogP contribution < -0.4 is 5.32 Å². The summed E-state index contributed by atoms with van der Waals surface area (Å²) < 4.78 is 2.65. The van der Waals surface area contributed by atoms with Crippen molar-refractivity contribution in [1.29, 1.82) is 0 Å². The topological polar surface area (TPSA) is 65.7 Å². The lowest BCUT2D eigenvalue weighted by Crippen LogP contribution is -2.37. The molecule has 36 heavy (non-hydrogen) atoms. The zero-order chi connectivity index (χ0) is 24.5. The first kappa shape index (κ1) is 23.7. The minimum atomic E-state index is 0.217.